The lowest BCUT2D eigenvalue weighted by atomic mass is 10.2. The van der Waals surface area contributed by atoms with Crippen molar-refractivity contribution >= 4 is 11.9 Å². The molecule has 0 radical (unpaired) electrons. The molecule has 0 spiro atoms. The Morgan fingerprint density at radius 3 is 2.78 bits per heavy atom. The highest BCUT2D eigenvalue weighted by molar-refractivity contribution is 5.86. The van der Waals surface area contributed by atoms with Crippen LogP contribution in [-0.4, -0.2) is 60.4 Å². The number of carboxylic acid groups (broad SMARTS) is 1. The van der Waals surface area contributed by atoms with E-state index in [1.54, 1.807) is 6.92 Å². The molecule has 2 atom stereocenters. The molecule has 104 valence electrons. The van der Waals surface area contributed by atoms with Crippen molar-refractivity contribution in [3.63, 3.8) is 0 Å². The maximum Gasteiger partial charge on any atom is 0.326 e. The molecule has 1 amide bonds. The summed E-state index contributed by atoms with van der Waals surface area (Å²) in [6.45, 7) is 5.42. The number of carboxylic acids is 1. The molecular weight excluding hydrogens is 238 g/mol. The lowest BCUT2D eigenvalue weighted by Crippen LogP contribution is -2.45. The summed E-state index contributed by atoms with van der Waals surface area (Å²) in [5.74, 6) is -1.20. The Hall–Kier alpha value is -1.14. The lowest BCUT2D eigenvalue weighted by Gasteiger charge is -2.24. The molecule has 6 nitrogen and oxygen atoms in total. The minimum absolute atomic E-state index is 0.253. The number of hydrogen-bond acceptors (Lipinski definition) is 4. The molecule has 6 heteroatoms. The van der Waals surface area contributed by atoms with Crippen LogP contribution in [0.4, 0.5) is 0 Å². The summed E-state index contributed by atoms with van der Waals surface area (Å²) in [6.07, 6.45) is 0.631. The van der Waals surface area contributed by atoms with E-state index < -0.39 is 18.1 Å². The van der Waals surface area contributed by atoms with E-state index in [1.807, 2.05) is 6.92 Å². The summed E-state index contributed by atoms with van der Waals surface area (Å²) in [7, 11) is 0. The molecule has 1 aliphatic rings. The maximum absolute atomic E-state index is 12.0. The van der Waals surface area contributed by atoms with Gasteiger partial charge in [-0.25, -0.2) is 4.79 Å². The molecule has 1 rings (SSSR count). The van der Waals surface area contributed by atoms with E-state index >= 15 is 0 Å². The quantitative estimate of drug-likeness (QED) is 0.674. The second-order valence-electron chi connectivity index (χ2n) is 4.24. The number of rotatable bonds is 7. The SMILES string of the molecule is CCOCCOC(C)C(=O)N1CCC[C@H]1C(=O)O. The number of carbonyl (C=O) groups is 2. The van der Waals surface area contributed by atoms with Crippen molar-refractivity contribution in [3.05, 3.63) is 0 Å². The maximum atomic E-state index is 12.0. The van der Waals surface area contributed by atoms with Crippen molar-refractivity contribution in [3.8, 4) is 0 Å². The van der Waals surface area contributed by atoms with Crippen molar-refractivity contribution in [1.29, 1.82) is 0 Å². The minimum Gasteiger partial charge on any atom is -0.480 e. The lowest BCUT2D eigenvalue weighted by molar-refractivity contribution is -0.153. The fourth-order valence-corrected chi connectivity index (χ4v) is 2.02. The molecule has 0 aromatic rings. The summed E-state index contributed by atoms with van der Waals surface area (Å²) in [6, 6.07) is -0.699. The summed E-state index contributed by atoms with van der Waals surface area (Å²) in [5.41, 5.74) is 0. The van der Waals surface area contributed by atoms with E-state index in [2.05, 4.69) is 0 Å². The van der Waals surface area contributed by atoms with Gasteiger partial charge < -0.3 is 19.5 Å². The van der Waals surface area contributed by atoms with Gasteiger partial charge in [0.05, 0.1) is 13.2 Å². The predicted molar refractivity (Wildman–Crippen MR) is 64.3 cm³/mol. The molecule has 0 saturated carbocycles. The van der Waals surface area contributed by atoms with E-state index in [0.717, 1.165) is 6.42 Å². The second kappa shape index (κ2) is 7.33. The highest BCUT2D eigenvalue weighted by Crippen LogP contribution is 2.19. The fraction of sp³-hybridized carbons (Fsp3) is 0.833. The Balaban J connectivity index is 2.40. The normalized spacial score (nSPS) is 21.0. The fourth-order valence-electron chi connectivity index (χ4n) is 2.02. The first-order chi connectivity index (χ1) is 8.57. The largest absolute Gasteiger partial charge is 0.480 e. The summed E-state index contributed by atoms with van der Waals surface area (Å²) in [5, 5.41) is 9.01. The minimum atomic E-state index is -0.942. The van der Waals surface area contributed by atoms with Gasteiger partial charge in [0.25, 0.3) is 5.91 Å². The van der Waals surface area contributed by atoms with Gasteiger partial charge >= 0.3 is 5.97 Å². The molecule has 0 aromatic carbocycles. The predicted octanol–water partition coefficient (Wildman–Crippen LogP) is 0.504. The van der Waals surface area contributed by atoms with Crippen LogP contribution < -0.4 is 0 Å². The van der Waals surface area contributed by atoms with Gasteiger partial charge in [-0.1, -0.05) is 0 Å². The average Bonchev–Trinajstić information content (AvgIpc) is 2.82. The van der Waals surface area contributed by atoms with Gasteiger partial charge in [0.2, 0.25) is 0 Å². The van der Waals surface area contributed by atoms with Crippen molar-refractivity contribution in [2.75, 3.05) is 26.4 Å². The summed E-state index contributed by atoms with van der Waals surface area (Å²) < 4.78 is 10.4. The van der Waals surface area contributed by atoms with Crippen molar-refractivity contribution < 1.29 is 24.2 Å². The molecule has 0 aromatic heterocycles. The molecule has 1 heterocycles. The van der Waals surface area contributed by atoms with Crippen LogP contribution in [0.5, 0.6) is 0 Å². The van der Waals surface area contributed by atoms with Crippen LogP contribution >= 0.6 is 0 Å². The summed E-state index contributed by atoms with van der Waals surface area (Å²) in [4.78, 5) is 24.4. The molecule has 1 N–H and O–H groups in total. The van der Waals surface area contributed by atoms with Crippen LogP contribution in [0.1, 0.15) is 26.7 Å². The zero-order chi connectivity index (χ0) is 13.5. The van der Waals surface area contributed by atoms with Gasteiger partial charge in [0.15, 0.2) is 0 Å². The number of likely N-dealkylation sites (tertiary alicyclic amines) is 1. The van der Waals surface area contributed by atoms with Gasteiger partial charge in [0, 0.05) is 13.2 Å². The molecule has 18 heavy (non-hydrogen) atoms. The van der Waals surface area contributed by atoms with Crippen molar-refractivity contribution in [2.45, 2.75) is 38.8 Å². The third-order valence-electron chi connectivity index (χ3n) is 2.97. The van der Waals surface area contributed by atoms with Gasteiger partial charge in [-0.3, -0.25) is 4.79 Å². The number of carbonyl (C=O) groups excluding carboxylic acids is 1. The van der Waals surface area contributed by atoms with Crippen LogP contribution in [0.15, 0.2) is 0 Å². The highest BCUT2D eigenvalue weighted by atomic mass is 16.5. The Morgan fingerprint density at radius 1 is 1.44 bits per heavy atom. The Morgan fingerprint density at radius 2 is 2.17 bits per heavy atom. The first kappa shape index (κ1) is 14.9. The molecule has 1 unspecified atom stereocenters. The van der Waals surface area contributed by atoms with Crippen LogP contribution in [0, 0.1) is 0 Å². The van der Waals surface area contributed by atoms with Crippen LogP contribution in [0.25, 0.3) is 0 Å². The molecule has 1 aliphatic heterocycles. The molecule has 1 saturated heterocycles. The first-order valence-electron chi connectivity index (χ1n) is 6.30. The van der Waals surface area contributed by atoms with E-state index in [0.29, 0.717) is 32.8 Å². The van der Waals surface area contributed by atoms with E-state index in [-0.39, 0.29) is 5.91 Å². The molecule has 0 bridgehead atoms. The van der Waals surface area contributed by atoms with E-state index in [9.17, 15) is 9.59 Å². The van der Waals surface area contributed by atoms with Gasteiger partial charge in [-0.05, 0) is 26.7 Å². The Labute approximate surface area is 107 Å². The van der Waals surface area contributed by atoms with E-state index in [4.69, 9.17) is 14.6 Å². The monoisotopic (exact) mass is 259 g/mol. The Kier molecular flexibility index (Phi) is 6.07. The van der Waals surface area contributed by atoms with E-state index in [1.165, 1.54) is 4.90 Å². The van der Waals surface area contributed by atoms with Crippen LogP contribution in [0.3, 0.4) is 0 Å². The highest BCUT2D eigenvalue weighted by Gasteiger charge is 2.35. The zero-order valence-electron chi connectivity index (χ0n) is 10.9. The van der Waals surface area contributed by atoms with Crippen LogP contribution in [0.2, 0.25) is 0 Å². The Bertz CT molecular complexity index is 294. The number of ether oxygens (including phenoxy) is 2. The molecular formula is C12H21NO5. The smallest absolute Gasteiger partial charge is 0.326 e. The number of aliphatic carboxylic acids is 1. The molecule has 1 fully saturated rings. The first-order valence-corrected chi connectivity index (χ1v) is 6.30. The van der Waals surface area contributed by atoms with Gasteiger partial charge in [0.1, 0.15) is 12.1 Å². The summed E-state index contributed by atoms with van der Waals surface area (Å²) >= 11 is 0. The van der Waals surface area contributed by atoms with Crippen LogP contribution in [-0.2, 0) is 19.1 Å². The molecule has 0 aliphatic carbocycles. The van der Waals surface area contributed by atoms with Crippen molar-refractivity contribution in [1.82, 2.24) is 4.90 Å². The standard InChI is InChI=1S/C12H21NO5/c1-3-17-7-8-18-9(2)11(14)13-6-4-5-10(13)12(15)16/h9-10H,3-8H2,1-2H3,(H,15,16)/t9?,10-/m0/s1. The van der Waals surface area contributed by atoms with Crippen molar-refractivity contribution in [2.24, 2.45) is 0 Å². The third-order valence-corrected chi connectivity index (χ3v) is 2.97. The number of hydrogen-bond donors (Lipinski definition) is 1. The number of nitrogens with zero attached hydrogens (tertiary/aromatic N) is 1. The topological polar surface area (TPSA) is 76.1 Å². The zero-order valence-corrected chi connectivity index (χ0v) is 10.9. The second-order valence-corrected chi connectivity index (χ2v) is 4.24. The average molecular weight is 259 g/mol. The van der Waals surface area contributed by atoms with Gasteiger partial charge in [-0.2, -0.15) is 0 Å². The third kappa shape index (κ3) is 3.96. The number of amides is 1. The van der Waals surface area contributed by atoms with Gasteiger partial charge in [-0.15, -0.1) is 0 Å².